The number of esters is 1. The van der Waals surface area contributed by atoms with Crippen LogP contribution in [0.1, 0.15) is 50.1 Å². The van der Waals surface area contributed by atoms with Crippen molar-refractivity contribution in [2.45, 2.75) is 44.6 Å². The third-order valence-electron chi connectivity index (χ3n) is 9.02. The minimum absolute atomic E-state index is 0. The molecule has 10 nitrogen and oxygen atoms in total. The van der Waals surface area contributed by atoms with Crippen molar-refractivity contribution in [3.05, 3.63) is 117 Å². The third-order valence-corrected chi connectivity index (χ3v) is 9.69. The molecule has 52 heavy (non-hydrogen) atoms. The van der Waals surface area contributed by atoms with Gasteiger partial charge in [0.15, 0.2) is 23.9 Å². The Kier molecular flexibility index (Phi) is 11.5. The van der Waals surface area contributed by atoms with Crippen LogP contribution >= 0.6 is 23.2 Å². The molecule has 2 N–H and O–H groups in total. The van der Waals surface area contributed by atoms with E-state index in [2.05, 4.69) is 14.6 Å². The number of benzene rings is 3. The lowest BCUT2D eigenvalue weighted by Crippen LogP contribution is -2.53. The number of aromatic nitrogens is 1. The van der Waals surface area contributed by atoms with Crippen LogP contribution in [0.5, 0.6) is 11.5 Å². The maximum absolute atomic E-state index is 15.1. The topological polar surface area (TPSA) is 122 Å². The lowest BCUT2D eigenvalue weighted by atomic mass is 9.86. The van der Waals surface area contributed by atoms with Crippen LogP contribution in [0.3, 0.4) is 0 Å². The predicted octanol–water partition coefficient (Wildman–Crippen LogP) is 7.76. The zero-order chi connectivity index (χ0) is 38.6. The number of piperidine rings is 3. The lowest BCUT2D eigenvalue weighted by molar-refractivity contribution is -0.377. The minimum atomic E-state index is -3.29. The molecule has 2 bridgehead atoms. The highest BCUT2D eigenvalue weighted by molar-refractivity contribution is 6.35. The van der Waals surface area contributed by atoms with Gasteiger partial charge in [-0.2, -0.15) is 8.78 Å². The Labute approximate surface area is 312 Å². The zero-order valence-corrected chi connectivity index (χ0v) is 29.0. The number of halogens is 5. The molecule has 4 aromatic rings. The Hall–Kier alpha value is -4.56. The number of amides is 1. The number of hydrogen-bond acceptors (Lipinski definition) is 8. The number of para-hydroxylation sites is 1. The molecule has 1 amide bonds. The summed E-state index contributed by atoms with van der Waals surface area (Å²) >= 11 is 12.8. The van der Waals surface area contributed by atoms with Gasteiger partial charge in [-0.25, -0.2) is 19.0 Å². The standard InChI is InChI=1S/C37H34Cl2F3N3O6.H2O/c1-48-33-16-24(9-10-31(33)50-36(41)42)32(17-26-27(38)18-43-19-28(26)39)49-35(46)25-6-4-5-22(15-25)20-45(30-8-3-2-7-29(30)40)37(47)51-34-21-44-13-11-23(34)12-14-44;/h2-10,15-16,18-19,23,32,34,36H,11-14,17,20-21H2,1H3;1H2/t32-,34-;/m0./s1/i1D3;. The van der Waals surface area contributed by atoms with Crippen molar-refractivity contribution in [1.82, 2.24) is 4.90 Å². The number of hydrogen-bond donors (Lipinski definition) is 0. The third kappa shape index (κ3) is 9.08. The first-order valence-electron chi connectivity index (χ1n) is 17.6. The Balaban J connectivity index is 0.00000580. The summed E-state index contributed by atoms with van der Waals surface area (Å²) < 4.78 is 85.4. The molecule has 0 saturated carbocycles. The maximum atomic E-state index is 15.1. The van der Waals surface area contributed by atoms with E-state index in [9.17, 15) is 18.4 Å². The molecule has 3 aliphatic heterocycles. The minimum Gasteiger partial charge on any atom is -0.870 e. The second-order valence-corrected chi connectivity index (χ2v) is 13.0. The fraction of sp³-hybridized carbons (Fsp3) is 0.324. The van der Waals surface area contributed by atoms with Gasteiger partial charge in [-0.3, -0.25) is 9.80 Å². The summed E-state index contributed by atoms with van der Waals surface area (Å²) in [5.41, 5.74) is 0.993. The lowest BCUT2D eigenvalue weighted by Gasteiger charge is -2.44. The molecular formula is C37H36Cl2F3N3O7. The summed E-state index contributed by atoms with van der Waals surface area (Å²) in [4.78, 5) is 33.7. The number of rotatable bonds is 12. The normalized spacial score (nSPS) is 19.3. The van der Waals surface area contributed by atoms with Crippen LogP contribution in [-0.4, -0.2) is 61.8 Å². The first-order valence-corrected chi connectivity index (χ1v) is 16.9. The largest absolute Gasteiger partial charge is 0.870 e. The molecule has 3 aromatic carbocycles. The van der Waals surface area contributed by atoms with Crippen molar-refractivity contribution in [2.75, 3.05) is 31.6 Å². The summed E-state index contributed by atoms with van der Waals surface area (Å²) in [5, 5.41) is 0.390. The second-order valence-electron chi connectivity index (χ2n) is 12.2. The number of aromatic amines is 1. The van der Waals surface area contributed by atoms with Gasteiger partial charge in [-0.1, -0.05) is 53.5 Å². The van der Waals surface area contributed by atoms with Gasteiger partial charge in [-0.15, -0.1) is 0 Å². The number of carbonyl (C=O) groups excluding carboxylic acids is 2. The number of pyridine rings is 1. The number of nitrogens with one attached hydrogen (secondary N) is 1. The Bertz CT molecular complexity index is 1970. The van der Waals surface area contributed by atoms with E-state index in [1.807, 2.05) is 0 Å². The summed E-state index contributed by atoms with van der Waals surface area (Å²) in [5.74, 6) is -2.37. The van der Waals surface area contributed by atoms with Gasteiger partial charge in [0.25, 0.3) is 0 Å². The van der Waals surface area contributed by atoms with Gasteiger partial charge in [0.05, 0.1) is 28.9 Å². The predicted molar refractivity (Wildman–Crippen MR) is 185 cm³/mol. The van der Waals surface area contributed by atoms with E-state index < -0.39 is 49.1 Å². The summed E-state index contributed by atoms with van der Waals surface area (Å²) in [6.07, 6.45) is 2.31. The molecule has 3 fully saturated rings. The van der Waals surface area contributed by atoms with Crippen molar-refractivity contribution in [1.29, 1.82) is 0 Å². The van der Waals surface area contributed by atoms with Crippen molar-refractivity contribution in [3.63, 3.8) is 0 Å². The molecule has 0 unspecified atom stereocenters. The highest BCUT2D eigenvalue weighted by Gasteiger charge is 2.38. The number of alkyl halides is 2. The van der Waals surface area contributed by atoms with E-state index in [0.29, 0.717) is 17.7 Å². The van der Waals surface area contributed by atoms with E-state index in [4.69, 9.17) is 41.5 Å². The highest BCUT2D eigenvalue weighted by Crippen LogP contribution is 2.36. The molecule has 15 heteroatoms. The Morgan fingerprint density at radius 3 is 2.44 bits per heavy atom. The second kappa shape index (κ2) is 17.3. The Morgan fingerprint density at radius 2 is 1.77 bits per heavy atom. The zero-order valence-electron chi connectivity index (χ0n) is 30.4. The summed E-state index contributed by atoms with van der Waals surface area (Å²) in [6.45, 7) is -0.949. The van der Waals surface area contributed by atoms with Crippen LogP contribution < -0.4 is 19.4 Å². The van der Waals surface area contributed by atoms with Gasteiger partial charge in [0.2, 0.25) is 0 Å². The van der Waals surface area contributed by atoms with Gasteiger partial charge in [0, 0.05) is 18.5 Å². The maximum Gasteiger partial charge on any atom is 0.415 e. The molecule has 3 aliphatic rings. The van der Waals surface area contributed by atoms with E-state index in [1.165, 1.54) is 53.7 Å². The van der Waals surface area contributed by atoms with E-state index in [-0.39, 0.29) is 57.3 Å². The number of methoxy groups -OCH3 is 1. The molecule has 0 spiro atoms. The average molecular weight is 766 g/mol. The van der Waals surface area contributed by atoms with Crippen molar-refractivity contribution >= 4 is 41.0 Å². The highest BCUT2D eigenvalue weighted by atomic mass is 35.5. The average Bonchev–Trinajstić information content (AvgIpc) is 3.12. The number of nitrogens with zero attached hydrogens (tertiary/aromatic N) is 2. The van der Waals surface area contributed by atoms with Gasteiger partial charge in [0.1, 0.15) is 28.1 Å². The summed E-state index contributed by atoms with van der Waals surface area (Å²) in [6, 6.07) is 15.5. The summed E-state index contributed by atoms with van der Waals surface area (Å²) in [7, 11) is -3.04. The van der Waals surface area contributed by atoms with E-state index >= 15 is 4.39 Å². The molecule has 3 saturated heterocycles. The van der Waals surface area contributed by atoms with Gasteiger partial charge >= 0.3 is 18.7 Å². The molecule has 2 atom stereocenters. The van der Waals surface area contributed by atoms with Gasteiger partial charge < -0.3 is 24.4 Å². The SMILES string of the molecule is [2H]C([2H])([2H])Oc1cc([C@H](Cc2c(Cl)c[nH+]cc2Cl)OC(=O)c2cccc(CN(C(=O)O[C@H]3CN4CCC3CC4)c3ccccc3F)c2)ccc1OC(F)F.[OH-]. The molecule has 0 radical (unpaired) electrons. The first-order chi connectivity index (χ1) is 25.7. The fourth-order valence-electron chi connectivity index (χ4n) is 6.41. The quantitative estimate of drug-likeness (QED) is 0.134. The Morgan fingerprint density at radius 1 is 1.02 bits per heavy atom. The van der Waals surface area contributed by atoms with Crippen LogP contribution in [0, 0.1) is 11.7 Å². The fourth-order valence-corrected chi connectivity index (χ4v) is 6.95. The number of fused-ring (bicyclic) bond motifs is 3. The number of H-pyrrole nitrogens is 1. The van der Waals surface area contributed by atoms with Crippen LogP contribution in [-0.2, 0) is 22.4 Å². The number of ether oxygens (including phenoxy) is 4. The van der Waals surface area contributed by atoms with Crippen LogP contribution in [0.4, 0.5) is 23.7 Å². The molecule has 276 valence electrons. The smallest absolute Gasteiger partial charge is 0.415 e. The molecule has 4 heterocycles. The van der Waals surface area contributed by atoms with Crippen molar-refractivity contribution in [2.24, 2.45) is 5.92 Å². The van der Waals surface area contributed by atoms with Crippen molar-refractivity contribution < 1.29 is 56.3 Å². The van der Waals surface area contributed by atoms with E-state index in [1.54, 1.807) is 18.2 Å². The van der Waals surface area contributed by atoms with E-state index in [0.717, 1.165) is 38.1 Å². The van der Waals surface area contributed by atoms with Gasteiger partial charge in [-0.05, 0) is 79.4 Å². The first kappa shape index (κ1) is 34.5. The molecule has 7 rings (SSSR count). The molecular weight excluding hydrogens is 726 g/mol. The molecule has 1 aromatic heterocycles. The van der Waals surface area contributed by atoms with Crippen LogP contribution in [0.25, 0.3) is 0 Å². The van der Waals surface area contributed by atoms with Crippen molar-refractivity contribution in [3.8, 4) is 11.5 Å². The van der Waals surface area contributed by atoms with Crippen LogP contribution in [0.15, 0.2) is 79.1 Å². The monoisotopic (exact) mass is 764 g/mol. The van der Waals surface area contributed by atoms with Crippen LogP contribution in [0.2, 0.25) is 10.0 Å². The number of carbonyl (C=O) groups is 2. The molecule has 0 aliphatic carbocycles. The number of anilines is 1.